The van der Waals surface area contributed by atoms with E-state index in [0.717, 1.165) is 0 Å². The van der Waals surface area contributed by atoms with Crippen LogP contribution in [-0.4, -0.2) is 36.6 Å². The lowest BCUT2D eigenvalue weighted by atomic mass is 10.2. The van der Waals surface area contributed by atoms with Gasteiger partial charge in [0.25, 0.3) is 10.2 Å². The van der Waals surface area contributed by atoms with Gasteiger partial charge in [-0.3, -0.25) is 9.59 Å². The molecule has 0 aliphatic rings. The number of carboxylic acid groups (broad SMARTS) is 2. The minimum atomic E-state index is -4.14. The van der Waals surface area contributed by atoms with E-state index < -0.39 is 34.6 Å². The zero-order valence-corrected chi connectivity index (χ0v) is 7.82. The molecule has 9 heteroatoms. The molecule has 0 heterocycles. The molecule has 0 saturated carbocycles. The van der Waals surface area contributed by atoms with Crippen LogP contribution in [0, 0.1) is 0 Å². The van der Waals surface area contributed by atoms with Gasteiger partial charge < -0.3 is 10.2 Å². The second kappa shape index (κ2) is 4.88. The zero-order chi connectivity index (χ0) is 11.4. The van der Waals surface area contributed by atoms with Gasteiger partial charge in [0, 0.05) is 6.42 Å². The van der Waals surface area contributed by atoms with E-state index >= 15 is 0 Å². The molecule has 0 aromatic rings. The Hall–Kier alpha value is -1.19. The summed E-state index contributed by atoms with van der Waals surface area (Å²) >= 11 is 0. The molecule has 5 N–H and O–H groups in total. The topological polar surface area (TPSA) is 147 Å². The first-order valence-corrected chi connectivity index (χ1v) is 5.01. The van der Waals surface area contributed by atoms with Crippen LogP contribution < -0.4 is 9.86 Å². The maximum absolute atomic E-state index is 10.4. The summed E-state index contributed by atoms with van der Waals surface area (Å²) in [6.45, 7) is 0. The summed E-state index contributed by atoms with van der Waals surface area (Å²) < 4.78 is 22.5. The van der Waals surface area contributed by atoms with Crippen LogP contribution >= 0.6 is 0 Å². The molecule has 82 valence electrons. The van der Waals surface area contributed by atoms with Crippen molar-refractivity contribution in [3.8, 4) is 0 Å². The molecule has 0 amide bonds. The fourth-order valence-corrected chi connectivity index (χ4v) is 1.31. The second-order valence-electron chi connectivity index (χ2n) is 2.49. The number of hydrogen-bond acceptors (Lipinski definition) is 4. The highest BCUT2D eigenvalue weighted by Gasteiger charge is 2.22. The Morgan fingerprint density at radius 2 is 1.86 bits per heavy atom. The number of hydrogen-bond donors (Lipinski definition) is 4. The highest BCUT2D eigenvalue weighted by molar-refractivity contribution is 7.87. The van der Waals surface area contributed by atoms with Gasteiger partial charge >= 0.3 is 11.9 Å². The smallest absolute Gasteiger partial charge is 0.321 e. The summed E-state index contributed by atoms with van der Waals surface area (Å²) in [5, 5.41) is 21.2. The predicted molar refractivity (Wildman–Crippen MR) is 44.5 cm³/mol. The van der Waals surface area contributed by atoms with Crippen LogP contribution in [0.3, 0.4) is 0 Å². The van der Waals surface area contributed by atoms with Crippen LogP contribution in [0.25, 0.3) is 0 Å². The van der Waals surface area contributed by atoms with E-state index in [4.69, 9.17) is 10.2 Å². The van der Waals surface area contributed by atoms with Gasteiger partial charge in [0.15, 0.2) is 0 Å². The predicted octanol–water partition coefficient (Wildman–Crippen LogP) is -1.90. The normalized spacial score (nSPS) is 13.5. The van der Waals surface area contributed by atoms with Crippen molar-refractivity contribution >= 4 is 22.1 Å². The van der Waals surface area contributed by atoms with Crippen molar-refractivity contribution in [1.29, 1.82) is 0 Å². The Morgan fingerprint density at radius 3 is 2.14 bits per heavy atom. The average molecular weight is 226 g/mol. The largest absolute Gasteiger partial charge is 0.481 e. The van der Waals surface area contributed by atoms with Crippen LogP contribution in [0.2, 0.25) is 0 Å². The van der Waals surface area contributed by atoms with Crippen LogP contribution in [-0.2, 0) is 19.8 Å². The fourth-order valence-electron chi connectivity index (χ4n) is 0.699. The maximum Gasteiger partial charge on any atom is 0.321 e. The van der Waals surface area contributed by atoms with E-state index in [9.17, 15) is 18.0 Å². The number of nitrogens with two attached hydrogens (primary N) is 1. The lowest BCUT2D eigenvalue weighted by Crippen LogP contribution is -2.44. The van der Waals surface area contributed by atoms with Gasteiger partial charge in [-0.15, -0.1) is 0 Å². The molecule has 0 saturated heterocycles. The number of carboxylic acids is 2. The SMILES string of the molecule is NS(=O)(=O)NC(CCC(=O)O)C(=O)O. The van der Waals surface area contributed by atoms with Crippen molar-refractivity contribution in [3.63, 3.8) is 0 Å². The summed E-state index contributed by atoms with van der Waals surface area (Å²) in [6, 6.07) is -1.51. The van der Waals surface area contributed by atoms with Gasteiger partial charge in [-0.1, -0.05) is 0 Å². The molecule has 0 aromatic carbocycles. The van der Waals surface area contributed by atoms with Crippen LogP contribution in [0.1, 0.15) is 12.8 Å². The van der Waals surface area contributed by atoms with Crippen LogP contribution in [0.5, 0.6) is 0 Å². The molecule has 0 spiro atoms. The van der Waals surface area contributed by atoms with Crippen molar-refractivity contribution in [2.45, 2.75) is 18.9 Å². The van der Waals surface area contributed by atoms with E-state index in [0.29, 0.717) is 0 Å². The molecule has 1 atom stereocenters. The molecule has 14 heavy (non-hydrogen) atoms. The van der Waals surface area contributed by atoms with Gasteiger partial charge in [-0.05, 0) is 6.42 Å². The van der Waals surface area contributed by atoms with Gasteiger partial charge in [-0.2, -0.15) is 13.1 Å². The minimum Gasteiger partial charge on any atom is -0.481 e. The first kappa shape index (κ1) is 12.8. The molecule has 0 aliphatic heterocycles. The van der Waals surface area contributed by atoms with Crippen molar-refractivity contribution in [3.05, 3.63) is 0 Å². The molecule has 0 bridgehead atoms. The van der Waals surface area contributed by atoms with E-state index in [2.05, 4.69) is 5.14 Å². The highest BCUT2D eigenvalue weighted by atomic mass is 32.2. The van der Waals surface area contributed by atoms with Crippen molar-refractivity contribution in [2.75, 3.05) is 0 Å². The van der Waals surface area contributed by atoms with Crippen molar-refractivity contribution < 1.29 is 28.2 Å². The van der Waals surface area contributed by atoms with Crippen molar-refractivity contribution in [1.82, 2.24) is 4.72 Å². The standard InChI is InChI=1S/C5H10N2O6S/c6-14(12,13)7-3(5(10)11)1-2-4(8)9/h3,7H,1-2H2,(H,8,9)(H,10,11)(H2,6,12,13). The van der Waals surface area contributed by atoms with E-state index in [1.54, 1.807) is 4.72 Å². The molecule has 0 aromatic heterocycles. The first-order valence-electron chi connectivity index (χ1n) is 3.47. The Kier molecular flexibility index (Phi) is 4.47. The lowest BCUT2D eigenvalue weighted by molar-refractivity contribution is -0.140. The number of carbonyl (C=O) groups is 2. The monoisotopic (exact) mass is 226 g/mol. The third kappa shape index (κ3) is 6.34. The maximum atomic E-state index is 10.4. The molecule has 8 nitrogen and oxygen atoms in total. The summed E-state index contributed by atoms with van der Waals surface area (Å²) in [6.07, 6.45) is -0.819. The third-order valence-electron chi connectivity index (χ3n) is 1.25. The van der Waals surface area contributed by atoms with E-state index in [1.165, 1.54) is 0 Å². The molecular weight excluding hydrogens is 216 g/mol. The first-order chi connectivity index (χ1) is 6.22. The summed E-state index contributed by atoms with van der Waals surface area (Å²) in [5.41, 5.74) is 0. The molecule has 0 fully saturated rings. The van der Waals surface area contributed by atoms with Gasteiger partial charge in [0.05, 0.1) is 0 Å². The van der Waals surface area contributed by atoms with Crippen molar-refractivity contribution in [2.24, 2.45) is 5.14 Å². The molecule has 0 radical (unpaired) electrons. The summed E-state index contributed by atoms with van der Waals surface area (Å²) in [5.74, 6) is -2.69. The summed E-state index contributed by atoms with van der Waals surface area (Å²) in [4.78, 5) is 20.5. The minimum absolute atomic E-state index is 0.360. The van der Waals surface area contributed by atoms with Crippen LogP contribution in [0.15, 0.2) is 0 Å². The second-order valence-corrected chi connectivity index (χ2v) is 3.81. The Morgan fingerprint density at radius 1 is 1.36 bits per heavy atom. The molecular formula is C5H10N2O6S. The van der Waals surface area contributed by atoms with Crippen LogP contribution in [0.4, 0.5) is 0 Å². The van der Waals surface area contributed by atoms with E-state index in [1.807, 2.05) is 0 Å². The Bertz CT molecular complexity index is 323. The third-order valence-corrected chi connectivity index (χ3v) is 1.86. The summed E-state index contributed by atoms with van der Waals surface area (Å²) in [7, 11) is -4.14. The number of nitrogens with one attached hydrogen (secondary N) is 1. The Labute approximate surface area is 79.9 Å². The molecule has 0 rings (SSSR count). The lowest BCUT2D eigenvalue weighted by Gasteiger charge is -2.10. The molecule has 1 unspecified atom stereocenters. The van der Waals surface area contributed by atoms with Gasteiger partial charge in [-0.25, -0.2) is 5.14 Å². The Balaban J connectivity index is 4.32. The number of aliphatic carboxylic acids is 2. The fraction of sp³-hybridized carbons (Fsp3) is 0.600. The average Bonchev–Trinajstić information content (AvgIpc) is 1.94. The molecule has 0 aliphatic carbocycles. The quantitative estimate of drug-likeness (QED) is 0.415. The van der Waals surface area contributed by atoms with E-state index in [-0.39, 0.29) is 6.42 Å². The highest BCUT2D eigenvalue weighted by Crippen LogP contribution is 1.98. The van der Waals surface area contributed by atoms with Gasteiger partial charge in [0.2, 0.25) is 0 Å². The zero-order valence-electron chi connectivity index (χ0n) is 7.00. The number of rotatable bonds is 6. The van der Waals surface area contributed by atoms with Gasteiger partial charge in [0.1, 0.15) is 6.04 Å².